The van der Waals surface area contributed by atoms with Gasteiger partial charge in [0.25, 0.3) is 10.8 Å². The van der Waals surface area contributed by atoms with Gasteiger partial charge in [-0.15, -0.1) is 0 Å². The number of amides is 1. The van der Waals surface area contributed by atoms with Crippen LogP contribution in [0.25, 0.3) is 0 Å². The average molecular weight is 453 g/mol. The summed E-state index contributed by atoms with van der Waals surface area (Å²) in [6, 6.07) is 9.88. The summed E-state index contributed by atoms with van der Waals surface area (Å²) in [6.45, 7) is 7.11. The average Bonchev–Trinajstić information content (AvgIpc) is 2.94. The summed E-state index contributed by atoms with van der Waals surface area (Å²) in [5, 5.41) is 0. The van der Waals surface area contributed by atoms with Gasteiger partial charge in [-0.1, -0.05) is 37.3 Å². The minimum atomic E-state index is -2.41. The summed E-state index contributed by atoms with van der Waals surface area (Å²) < 4.78 is 25.9. The standard InChI is InChI=1S/C16H23NO4PS4/c1-4-20-24-22(23,25-21-5-2)16-11-15(18)17(26(16)19)12-13(3)14-9-7-6-8-10-14/h6-11,13,23H,4-5,12H2,1-3H3/q+1. The second-order valence-corrected chi connectivity index (χ2v) is 17.7. The molecule has 0 radical (unpaired) electrons. The molecule has 0 N–H and O–H groups in total. The second-order valence-electron chi connectivity index (χ2n) is 5.43. The van der Waals surface area contributed by atoms with Crippen LogP contribution in [0.3, 0.4) is 0 Å². The first-order chi connectivity index (χ1) is 12.4. The van der Waals surface area contributed by atoms with Crippen LogP contribution in [0.2, 0.25) is 0 Å². The minimum Gasteiger partial charge on any atom is -0.281 e. The molecule has 0 aromatic heterocycles. The molecule has 144 valence electrons. The molecule has 0 bridgehead atoms. The number of hydrogen-bond acceptors (Lipinski definition) is 7. The molecule has 2 atom stereocenters. The van der Waals surface area contributed by atoms with Crippen LogP contribution in [0.4, 0.5) is 0 Å². The zero-order valence-electron chi connectivity index (χ0n) is 14.9. The highest BCUT2D eigenvalue weighted by molar-refractivity contribution is 9.16. The topological polar surface area (TPSA) is 55.8 Å². The van der Waals surface area contributed by atoms with Gasteiger partial charge in [-0.05, 0) is 25.3 Å². The van der Waals surface area contributed by atoms with E-state index in [1.54, 1.807) is 0 Å². The highest BCUT2D eigenvalue weighted by Crippen LogP contribution is 2.89. The Balaban J connectivity index is 2.15. The van der Waals surface area contributed by atoms with Gasteiger partial charge in [-0.2, -0.15) is 0 Å². The van der Waals surface area contributed by atoms with Gasteiger partial charge in [0, 0.05) is 18.8 Å². The number of benzene rings is 1. The van der Waals surface area contributed by atoms with E-state index in [-0.39, 0.29) is 11.8 Å². The molecule has 26 heavy (non-hydrogen) atoms. The maximum Gasteiger partial charge on any atom is 0.292 e. The van der Waals surface area contributed by atoms with Gasteiger partial charge in [-0.25, -0.2) is 4.21 Å². The van der Waals surface area contributed by atoms with Crippen molar-refractivity contribution in [3.63, 3.8) is 0 Å². The highest BCUT2D eigenvalue weighted by Gasteiger charge is 2.55. The largest absolute Gasteiger partial charge is 0.292 e. The monoisotopic (exact) mass is 452 g/mol. The third-order valence-corrected chi connectivity index (χ3v) is 14.8. The molecule has 0 spiro atoms. The molecular weight excluding hydrogens is 429 g/mol. The van der Waals surface area contributed by atoms with Crippen LogP contribution in [-0.4, -0.2) is 34.2 Å². The Labute approximate surface area is 171 Å². The van der Waals surface area contributed by atoms with E-state index in [1.807, 2.05) is 51.1 Å². The van der Waals surface area contributed by atoms with E-state index >= 15 is 0 Å². The molecule has 1 amide bonds. The maximum atomic E-state index is 13.0. The van der Waals surface area contributed by atoms with E-state index in [9.17, 15) is 9.00 Å². The zero-order chi connectivity index (χ0) is 19.2. The third kappa shape index (κ3) is 5.50. The Bertz CT molecular complexity index is 665. The van der Waals surface area contributed by atoms with E-state index in [1.165, 1.54) is 10.4 Å². The second kappa shape index (κ2) is 10.5. The molecule has 0 saturated carbocycles. The number of thiol groups is 1. The molecule has 0 fully saturated rings. The van der Waals surface area contributed by atoms with Gasteiger partial charge in [0.1, 0.15) is 0 Å². The van der Waals surface area contributed by atoms with Gasteiger partial charge in [-0.3, -0.25) is 17.5 Å². The lowest BCUT2D eigenvalue weighted by Gasteiger charge is -2.21. The Morgan fingerprint density at radius 2 is 1.77 bits per heavy atom. The van der Waals surface area contributed by atoms with Crippen LogP contribution in [0.1, 0.15) is 32.3 Å². The van der Waals surface area contributed by atoms with Crippen molar-refractivity contribution >= 4 is 57.3 Å². The Morgan fingerprint density at radius 1 is 1.19 bits per heavy atom. The summed E-state index contributed by atoms with van der Waals surface area (Å²) in [7, 11) is -1.58. The predicted molar refractivity (Wildman–Crippen MR) is 117 cm³/mol. The molecule has 0 saturated heterocycles. The molecule has 10 heteroatoms. The fourth-order valence-electron chi connectivity index (χ4n) is 2.23. The summed E-state index contributed by atoms with van der Waals surface area (Å²) in [6.07, 6.45) is 1.44. The minimum absolute atomic E-state index is 0.0728. The van der Waals surface area contributed by atoms with E-state index in [4.69, 9.17) is 20.6 Å². The molecular formula is C16H23NO4PS4+. The van der Waals surface area contributed by atoms with Crippen LogP contribution >= 0.6 is 40.4 Å². The van der Waals surface area contributed by atoms with Crippen LogP contribution < -0.4 is 0 Å². The van der Waals surface area contributed by atoms with Crippen molar-refractivity contribution in [2.24, 2.45) is 0 Å². The van der Waals surface area contributed by atoms with Crippen LogP contribution in [0, 0.1) is 0 Å². The first-order valence-electron chi connectivity index (χ1n) is 8.17. The summed E-state index contributed by atoms with van der Waals surface area (Å²) >= 11 is 7.04. The van der Waals surface area contributed by atoms with Crippen molar-refractivity contribution in [2.45, 2.75) is 26.7 Å². The quantitative estimate of drug-likeness (QED) is 0.299. The van der Waals surface area contributed by atoms with E-state index in [0.717, 1.165) is 28.9 Å². The molecule has 1 aliphatic rings. The van der Waals surface area contributed by atoms with Crippen molar-refractivity contribution in [3.05, 3.63) is 46.6 Å². The molecule has 2 rings (SSSR count). The summed E-state index contributed by atoms with van der Waals surface area (Å²) in [5.74, 6) is -0.183. The number of hydrogen-bond donors (Lipinski definition) is 1. The highest BCUT2D eigenvalue weighted by atomic mass is 33.4. The lowest BCUT2D eigenvalue weighted by molar-refractivity contribution is -0.121. The Hall–Kier alpha value is -0.0200. The maximum absolute atomic E-state index is 13.0. The Kier molecular flexibility index (Phi) is 9.00. The molecule has 1 heterocycles. The van der Waals surface area contributed by atoms with E-state index in [2.05, 4.69) is 0 Å². The fourth-order valence-corrected chi connectivity index (χ4v) is 11.9. The van der Waals surface area contributed by atoms with Crippen molar-refractivity contribution in [1.29, 1.82) is 0 Å². The van der Waals surface area contributed by atoms with Gasteiger partial charge >= 0.3 is 0 Å². The van der Waals surface area contributed by atoms with E-state index in [0.29, 0.717) is 24.4 Å². The smallest absolute Gasteiger partial charge is 0.281 e. The SMILES string of the molecule is CCOS[P+](S)(SOCC)C1=CC(=O)N(CC(C)c2ccccc2)S1=O. The summed E-state index contributed by atoms with van der Waals surface area (Å²) in [5.41, 5.74) is 1.10. The van der Waals surface area contributed by atoms with Crippen LogP contribution in [-0.2, 0) is 24.1 Å². The predicted octanol–water partition coefficient (Wildman–Crippen LogP) is 5.20. The fraction of sp³-hybridized carbons (Fsp3) is 0.438. The zero-order valence-corrected chi connectivity index (χ0v) is 19.1. The molecule has 0 aliphatic carbocycles. The van der Waals surface area contributed by atoms with Crippen molar-refractivity contribution in [3.8, 4) is 0 Å². The molecule has 1 aromatic rings. The Morgan fingerprint density at radius 3 is 2.31 bits per heavy atom. The molecule has 1 aliphatic heterocycles. The van der Waals surface area contributed by atoms with Crippen molar-refractivity contribution < 1.29 is 17.4 Å². The summed E-state index contributed by atoms with van der Waals surface area (Å²) in [4.78, 5) is 10.1. The lowest BCUT2D eigenvalue weighted by atomic mass is 10.0. The first-order valence-corrected chi connectivity index (χ1v) is 14.9. The third-order valence-electron chi connectivity index (χ3n) is 3.50. The van der Waals surface area contributed by atoms with Gasteiger partial charge in [0.15, 0.2) is 11.0 Å². The van der Waals surface area contributed by atoms with E-state index < -0.39 is 15.9 Å². The van der Waals surface area contributed by atoms with Crippen LogP contribution in [0.5, 0.6) is 0 Å². The number of rotatable bonds is 10. The van der Waals surface area contributed by atoms with Crippen molar-refractivity contribution in [2.75, 3.05) is 19.8 Å². The van der Waals surface area contributed by atoms with Crippen molar-refractivity contribution in [1.82, 2.24) is 4.31 Å². The number of nitrogens with zero attached hydrogens (tertiary/aromatic N) is 1. The van der Waals surface area contributed by atoms with Gasteiger partial charge < -0.3 is 0 Å². The number of carbonyl (C=O) groups is 1. The number of carbonyl (C=O) groups excluding carboxylic acids is 1. The lowest BCUT2D eigenvalue weighted by Crippen LogP contribution is -2.30. The molecule has 5 nitrogen and oxygen atoms in total. The molecule has 1 aromatic carbocycles. The van der Waals surface area contributed by atoms with Crippen LogP contribution in [0.15, 0.2) is 41.1 Å². The molecule has 2 unspecified atom stereocenters. The first kappa shape index (κ1) is 22.3. The van der Waals surface area contributed by atoms with Gasteiger partial charge in [0.2, 0.25) is 28.0 Å². The normalized spacial score (nSPS) is 18.9. The van der Waals surface area contributed by atoms with Gasteiger partial charge in [0.05, 0.1) is 19.3 Å².